The highest BCUT2D eigenvalue weighted by molar-refractivity contribution is 9.10. The van der Waals surface area contributed by atoms with Crippen LogP contribution in [0.5, 0.6) is 0 Å². The van der Waals surface area contributed by atoms with Crippen LogP contribution in [0, 0.1) is 5.82 Å². The molecule has 0 radical (unpaired) electrons. The number of ketones is 1. The summed E-state index contributed by atoms with van der Waals surface area (Å²) in [7, 11) is 0. The highest BCUT2D eigenvalue weighted by Crippen LogP contribution is 2.29. The van der Waals surface area contributed by atoms with Gasteiger partial charge in [-0.15, -0.1) is 0 Å². The van der Waals surface area contributed by atoms with Gasteiger partial charge in [-0.3, -0.25) is 4.79 Å². The van der Waals surface area contributed by atoms with Crippen molar-refractivity contribution in [2.24, 2.45) is 0 Å². The number of benzene rings is 2. The minimum atomic E-state index is -0.706. The number of rotatable bonds is 2. The highest BCUT2D eigenvalue weighted by atomic mass is 79.9. The second-order valence-corrected chi connectivity index (χ2v) is 5.76. The Bertz CT molecular complexity index is 715. The second-order valence-electron chi connectivity index (χ2n) is 4.53. The Labute approximate surface area is 128 Å². The van der Waals surface area contributed by atoms with E-state index in [0.717, 1.165) is 11.1 Å². The third kappa shape index (κ3) is 2.28. The van der Waals surface area contributed by atoms with Crippen molar-refractivity contribution in [3.63, 3.8) is 0 Å². The largest absolute Gasteiger partial charge is 0.372 e. The van der Waals surface area contributed by atoms with Crippen molar-refractivity contribution in [3.05, 3.63) is 67.9 Å². The Kier molecular flexibility index (Phi) is 3.63. The minimum Gasteiger partial charge on any atom is -0.372 e. The Balaban J connectivity index is 2.03. The van der Waals surface area contributed by atoms with Crippen LogP contribution in [0.3, 0.4) is 0 Å². The monoisotopic (exact) mass is 354 g/mol. The van der Waals surface area contributed by atoms with Crippen LogP contribution in [-0.4, -0.2) is 5.78 Å². The average molecular weight is 356 g/mol. The van der Waals surface area contributed by atoms with Crippen LogP contribution in [0.4, 0.5) is 4.39 Å². The molecule has 0 unspecified atom stereocenters. The van der Waals surface area contributed by atoms with Gasteiger partial charge in [-0.05, 0) is 45.3 Å². The lowest BCUT2D eigenvalue weighted by Crippen LogP contribution is -2.05. The van der Waals surface area contributed by atoms with Gasteiger partial charge in [0.15, 0.2) is 11.6 Å². The molecule has 0 aliphatic carbocycles. The van der Waals surface area contributed by atoms with Crippen molar-refractivity contribution in [2.75, 3.05) is 0 Å². The standard InChI is InChI=1S/C15H9BrClFO2/c16-12-4-3-11(14(18)13(12)17)15(19)8-1-2-9-6-20-7-10(9)5-8/h1-5H,6-7H2. The number of ether oxygens (including phenoxy) is 1. The van der Waals surface area contributed by atoms with Crippen LogP contribution in [-0.2, 0) is 18.0 Å². The maximum absolute atomic E-state index is 14.1. The molecule has 2 aromatic carbocycles. The summed E-state index contributed by atoms with van der Waals surface area (Å²) in [4.78, 5) is 12.4. The van der Waals surface area contributed by atoms with Gasteiger partial charge in [0.05, 0.1) is 23.8 Å². The average Bonchev–Trinajstić information content (AvgIpc) is 2.91. The fourth-order valence-corrected chi connectivity index (χ4v) is 2.64. The number of carbonyl (C=O) groups is 1. The molecule has 1 aliphatic heterocycles. The Hall–Kier alpha value is -1.23. The summed E-state index contributed by atoms with van der Waals surface area (Å²) in [6.45, 7) is 1.04. The molecule has 5 heteroatoms. The van der Waals surface area contributed by atoms with Gasteiger partial charge >= 0.3 is 0 Å². The Morgan fingerprint density at radius 3 is 2.75 bits per heavy atom. The molecule has 0 aromatic heterocycles. The van der Waals surface area contributed by atoms with Gasteiger partial charge in [0.2, 0.25) is 0 Å². The van der Waals surface area contributed by atoms with E-state index in [0.29, 0.717) is 23.2 Å². The van der Waals surface area contributed by atoms with E-state index in [2.05, 4.69) is 15.9 Å². The van der Waals surface area contributed by atoms with E-state index in [1.807, 2.05) is 6.07 Å². The van der Waals surface area contributed by atoms with Crippen LogP contribution in [0.2, 0.25) is 5.02 Å². The predicted octanol–water partition coefficient (Wildman–Crippen LogP) is 4.50. The number of halogens is 3. The van der Waals surface area contributed by atoms with Crippen molar-refractivity contribution in [1.82, 2.24) is 0 Å². The summed E-state index contributed by atoms with van der Waals surface area (Å²) in [6.07, 6.45) is 0. The lowest BCUT2D eigenvalue weighted by molar-refractivity contribution is 0.103. The third-order valence-corrected chi connectivity index (χ3v) is 4.52. The molecular formula is C15H9BrClFO2. The summed E-state index contributed by atoms with van der Waals surface area (Å²) in [6, 6.07) is 8.27. The van der Waals surface area contributed by atoms with Crippen LogP contribution in [0.1, 0.15) is 27.0 Å². The molecule has 1 aliphatic rings. The summed E-state index contributed by atoms with van der Waals surface area (Å²) in [5.41, 5.74) is 2.44. The summed E-state index contributed by atoms with van der Waals surface area (Å²) in [5.74, 6) is -1.09. The van der Waals surface area contributed by atoms with Crippen molar-refractivity contribution >= 4 is 33.3 Å². The lowest BCUT2D eigenvalue weighted by Gasteiger charge is -2.07. The molecule has 0 amide bonds. The number of hydrogen-bond donors (Lipinski definition) is 0. The Morgan fingerprint density at radius 2 is 1.95 bits per heavy atom. The minimum absolute atomic E-state index is 0.0305. The van der Waals surface area contributed by atoms with E-state index < -0.39 is 5.82 Å². The summed E-state index contributed by atoms with van der Waals surface area (Å²) < 4.78 is 19.8. The highest BCUT2D eigenvalue weighted by Gasteiger charge is 2.20. The van der Waals surface area contributed by atoms with Gasteiger partial charge in [0.25, 0.3) is 0 Å². The topological polar surface area (TPSA) is 26.3 Å². The first kappa shape index (κ1) is 13.7. The molecule has 0 atom stereocenters. The van der Waals surface area contributed by atoms with E-state index in [-0.39, 0.29) is 16.4 Å². The van der Waals surface area contributed by atoms with Gasteiger partial charge in [-0.1, -0.05) is 23.7 Å². The fourth-order valence-electron chi connectivity index (χ4n) is 2.17. The SMILES string of the molecule is O=C(c1ccc2c(c1)COC2)c1ccc(Br)c(Cl)c1F. The Morgan fingerprint density at radius 1 is 1.20 bits per heavy atom. The quantitative estimate of drug-likeness (QED) is 0.585. The fraction of sp³-hybridized carbons (Fsp3) is 0.133. The molecule has 0 N–H and O–H groups in total. The maximum atomic E-state index is 14.1. The van der Waals surface area contributed by atoms with Gasteiger partial charge in [-0.2, -0.15) is 0 Å². The summed E-state index contributed by atoms with van der Waals surface area (Å²) in [5, 5.41) is -0.0830. The van der Waals surface area contributed by atoms with E-state index in [4.69, 9.17) is 16.3 Å². The lowest BCUT2D eigenvalue weighted by atomic mass is 9.99. The normalized spacial score (nSPS) is 13.3. The molecule has 0 saturated heterocycles. The van der Waals surface area contributed by atoms with Crippen LogP contribution in [0.15, 0.2) is 34.8 Å². The van der Waals surface area contributed by atoms with Crippen LogP contribution >= 0.6 is 27.5 Å². The van der Waals surface area contributed by atoms with Gasteiger partial charge < -0.3 is 4.74 Å². The molecule has 1 heterocycles. The summed E-state index contributed by atoms with van der Waals surface area (Å²) >= 11 is 8.94. The molecule has 20 heavy (non-hydrogen) atoms. The molecular weight excluding hydrogens is 347 g/mol. The number of hydrogen-bond acceptors (Lipinski definition) is 2. The maximum Gasteiger partial charge on any atom is 0.196 e. The van der Waals surface area contributed by atoms with E-state index in [9.17, 15) is 9.18 Å². The molecule has 0 spiro atoms. The molecule has 3 rings (SSSR count). The van der Waals surface area contributed by atoms with Gasteiger partial charge in [-0.25, -0.2) is 4.39 Å². The molecule has 2 aromatic rings. The first-order valence-electron chi connectivity index (χ1n) is 5.95. The molecule has 2 nitrogen and oxygen atoms in total. The molecule has 0 saturated carbocycles. The van der Waals surface area contributed by atoms with Crippen LogP contribution in [0.25, 0.3) is 0 Å². The second kappa shape index (κ2) is 5.28. The zero-order chi connectivity index (χ0) is 14.3. The van der Waals surface area contributed by atoms with E-state index in [1.54, 1.807) is 18.2 Å². The van der Waals surface area contributed by atoms with Crippen molar-refractivity contribution < 1.29 is 13.9 Å². The smallest absolute Gasteiger partial charge is 0.196 e. The molecule has 102 valence electrons. The zero-order valence-electron chi connectivity index (χ0n) is 10.3. The predicted molar refractivity (Wildman–Crippen MR) is 77.5 cm³/mol. The van der Waals surface area contributed by atoms with Crippen molar-refractivity contribution in [1.29, 1.82) is 0 Å². The zero-order valence-corrected chi connectivity index (χ0v) is 12.6. The molecule has 0 fully saturated rings. The molecule has 0 bridgehead atoms. The van der Waals surface area contributed by atoms with Crippen molar-refractivity contribution in [3.8, 4) is 0 Å². The van der Waals surface area contributed by atoms with E-state index in [1.165, 1.54) is 6.07 Å². The van der Waals surface area contributed by atoms with Crippen molar-refractivity contribution in [2.45, 2.75) is 13.2 Å². The van der Waals surface area contributed by atoms with E-state index >= 15 is 0 Å². The first-order chi connectivity index (χ1) is 9.58. The van der Waals surface area contributed by atoms with Crippen LogP contribution < -0.4 is 0 Å². The van der Waals surface area contributed by atoms with Gasteiger partial charge in [0, 0.05) is 10.0 Å². The third-order valence-electron chi connectivity index (χ3n) is 3.26. The number of fused-ring (bicyclic) bond motifs is 1. The first-order valence-corrected chi connectivity index (χ1v) is 7.13. The van der Waals surface area contributed by atoms with Gasteiger partial charge in [0.1, 0.15) is 0 Å². The number of carbonyl (C=O) groups excluding carboxylic acids is 1.